The Kier molecular flexibility index (Phi) is 8.87. The summed E-state index contributed by atoms with van der Waals surface area (Å²) in [5.41, 5.74) is 4.58. The van der Waals surface area contributed by atoms with E-state index in [1.54, 1.807) is 20.8 Å². The highest BCUT2D eigenvalue weighted by Gasteiger charge is 2.31. The highest BCUT2D eigenvalue weighted by molar-refractivity contribution is 5.82. The maximum Gasteiger partial charge on any atom is 0.407 e. The number of carbonyl (C=O) groups is 3. The molecule has 0 heterocycles. The van der Waals surface area contributed by atoms with Crippen LogP contribution in [0, 0.1) is 11.8 Å². The van der Waals surface area contributed by atoms with Gasteiger partial charge in [0.25, 0.3) is 0 Å². The Hall–Kier alpha value is -3.39. The number of carboxylic acids is 1. The minimum absolute atomic E-state index is 0.0322. The molecule has 0 radical (unpaired) electrons. The normalized spacial score (nSPS) is 15.0. The molecule has 188 valence electrons. The zero-order valence-electron chi connectivity index (χ0n) is 20.6. The third-order valence-corrected chi connectivity index (χ3v) is 6.51. The second kappa shape index (κ2) is 11.8. The molecule has 3 rings (SSSR count). The van der Waals surface area contributed by atoms with Crippen molar-refractivity contribution in [1.29, 1.82) is 0 Å². The monoisotopic (exact) mass is 482 g/mol. The molecule has 8 heteroatoms. The predicted octanol–water partition coefficient (Wildman–Crippen LogP) is 3.79. The Morgan fingerprint density at radius 3 is 2.06 bits per heavy atom. The summed E-state index contributed by atoms with van der Waals surface area (Å²) in [6.45, 7) is 5.64. The van der Waals surface area contributed by atoms with Crippen LogP contribution in [0.15, 0.2) is 48.5 Å². The number of ether oxygens (including phenoxy) is 2. The molecule has 1 aliphatic carbocycles. The molecular weight excluding hydrogens is 448 g/mol. The minimum Gasteiger partial charge on any atom is -0.481 e. The van der Waals surface area contributed by atoms with E-state index < -0.39 is 36.0 Å². The van der Waals surface area contributed by atoms with Crippen molar-refractivity contribution in [1.82, 2.24) is 10.6 Å². The number of carboxylic acid groups (broad SMARTS) is 1. The summed E-state index contributed by atoms with van der Waals surface area (Å²) in [5.74, 6) is -2.26. The highest BCUT2D eigenvalue weighted by atomic mass is 16.5. The van der Waals surface area contributed by atoms with Crippen LogP contribution in [0.4, 0.5) is 4.79 Å². The van der Waals surface area contributed by atoms with Gasteiger partial charge in [-0.3, -0.25) is 9.59 Å². The Morgan fingerprint density at radius 2 is 1.54 bits per heavy atom. The van der Waals surface area contributed by atoms with Crippen LogP contribution in [0.3, 0.4) is 0 Å². The number of methoxy groups -OCH3 is 1. The number of nitrogens with one attached hydrogen (secondary N) is 2. The standard InChI is InChI=1S/C27H34N2O6/c1-16(2)24(26(31)32)17(3)29-25(30)23(34-4)13-14-28-27(33)35-15-22-20-11-7-5-9-18(20)19-10-6-8-12-21(19)22/h5-12,16-17,22-24H,13-15H2,1-4H3,(H,28,33)(H,29,30)(H,31,32). The van der Waals surface area contributed by atoms with Crippen LogP contribution >= 0.6 is 0 Å². The minimum atomic E-state index is -0.960. The van der Waals surface area contributed by atoms with E-state index in [1.165, 1.54) is 7.11 Å². The topological polar surface area (TPSA) is 114 Å². The lowest BCUT2D eigenvalue weighted by molar-refractivity contribution is -0.145. The molecule has 0 aliphatic heterocycles. The highest BCUT2D eigenvalue weighted by Crippen LogP contribution is 2.44. The zero-order valence-corrected chi connectivity index (χ0v) is 20.6. The van der Waals surface area contributed by atoms with Gasteiger partial charge in [-0.1, -0.05) is 62.4 Å². The van der Waals surface area contributed by atoms with Gasteiger partial charge in [-0.2, -0.15) is 0 Å². The molecule has 2 amide bonds. The van der Waals surface area contributed by atoms with Crippen molar-refractivity contribution < 1.29 is 29.0 Å². The number of benzene rings is 2. The van der Waals surface area contributed by atoms with Gasteiger partial charge in [0.1, 0.15) is 12.7 Å². The number of alkyl carbamates (subject to hydrolysis) is 1. The Labute approximate surface area is 206 Å². The smallest absolute Gasteiger partial charge is 0.407 e. The number of hydrogen-bond donors (Lipinski definition) is 3. The van der Waals surface area contributed by atoms with Crippen molar-refractivity contribution in [2.24, 2.45) is 11.8 Å². The first-order valence-electron chi connectivity index (χ1n) is 11.9. The second-order valence-corrected chi connectivity index (χ2v) is 9.17. The first kappa shape index (κ1) is 26.2. The van der Waals surface area contributed by atoms with Crippen molar-refractivity contribution in [3.05, 3.63) is 59.7 Å². The van der Waals surface area contributed by atoms with Crippen LogP contribution < -0.4 is 10.6 Å². The number of carbonyl (C=O) groups excluding carboxylic acids is 2. The van der Waals surface area contributed by atoms with Gasteiger partial charge in [0.2, 0.25) is 5.91 Å². The third kappa shape index (κ3) is 6.19. The van der Waals surface area contributed by atoms with E-state index in [2.05, 4.69) is 34.9 Å². The summed E-state index contributed by atoms with van der Waals surface area (Å²) < 4.78 is 10.8. The molecule has 1 aliphatic rings. The Morgan fingerprint density at radius 1 is 0.971 bits per heavy atom. The molecule has 0 spiro atoms. The summed E-state index contributed by atoms with van der Waals surface area (Å²) in [6, 6.07) is 15.7. The zero-order chi connectivity index (χ0) is 25.5. The summed E-state index contributed by atoms with van der Waals surface area (Å²) >= 11 is 0. The quantitative estimate of drug-likeness (QED) is 0.449. The van der Waals surface area contributed by atoms with Crippen molar-refractivity contribution in [3.8, 4) is 11.1 Å². The van der Waals surface area contributed by atoms with Gasteiger partial charge in [0.15, 0.2) is 0 Å². The van der Waals surface area contributed by atoms with Crippen LogP contribution in [-0.2, 0) is 19.1 Å². The lowest BCUT2D eigenvalue weighted by Gasteiger charge is -2.26. The van der Waals surface area contributed by atoms with Crippen LogP contribution in [0.1, 0.15) is 44.2 Å². The molecule has 0 fully saturated rings. The van der Waals surface area contributed by atoms with Crippen LogP contribution in [0.25, 0.3) is 11.1 Å². The van der Waals surface area contributed by atoms with E-state index in [4.69, 9.17) is 9.47 Å². The lowest BCUT2D eigenvalue weighted by Crippen LogP contribution is -2.48. The van der Waals surface area contributed by atoms with Gasteiger partial charge < -0.3 is 25.2 Å². The fourth-order valence-corrected chi connectivity index (χ4v) is 4.79. The summed E-state index contributed by atoms with van der Waals surface area (Å²) in [4.78, 5) is 36.4. The molecule has 3 unspecified atom stereocenters. The molecule has 3 N–H and O–H groups in total. The van der Waals surface area contributed by atoms with E-state index >= 15 is 0 Å². The van der Waals surface area contributed by atoms with Gasteiger partial charge in [-0.15, -0.1) is 0 Å². The van der Waals surface area contributed by atoms with Crippen molar-refractivity contribution in [2.75, 3.05) is 20.3 Å². The lowest BCUT2D eigenvalue weighted by atomic mass is 9.89. The van der Waals surface area contributed by atoms with Crippen LogP contribution in [-0.4, -0.2) is 55.5 Å². The molecule has 8 nitrogen and oxygen atoms in total. The molecule has 3 atom stereocenters. The Balaban J connectivity index is 1.48. The van der Waals surface area contributed by atoms with Gasteiger partial charge >= 0.3 is 12.1 Å². The van der Waals surface area contributed by atoms with E-state index in [-0.39, 0.29) is 31.4 Å². The first-order valence-corrected chi connectivity index (χ1v) is 11.9. The summed E-state index contributed by atoms with van der Waals surface area (Å²) in [5, 5.41) is 14.8. The average Bonchev–Trinajstić information content (AvgIpc) is 3.13. The summed E-state index contributed by atoms with van der Waals surface area (Å²) in [7, 11) is 1.40. The maximum atomic E-state index is 12.6. The average molecular weight is 483 g/mol. The Bertz CT molecular complexity index is 1010. The number of rotatable bonds is 11. The van der Waals surface area contributed by atoms with E-state index in [1.807, 2.05) is 24.3 Å². The fraction of sp³-hybridized carbons (Fsp3) is 0.444. The molecular formula is C27H34N2O6. The number of aliphatic carboxylic acids is 1. The predicted molar refractivity (Wildman–Crippen MR) is 132 cm³/mol. The molecule has 35 heavy (non-hydrogen) atoms. The third-order valence-electron chi connectivity index (χ3n) is 6.51. The maximum absolute atomic E-state index is 12.6. The number of fused-ring (bicyclic) bond motifs is 3. The van der Waals surface area contributed by atoms with Crippen molar-refractivity contribution in [2.45, 2.75) is 45.3 Å². The van der Waals surface area contributed by atoms with Crippen LogP contribution in [0.5, 0.6) is 0 Å². The molecule has 2 aromatic carbocycles. The van der Waals surface area contributed by atoms with Gasteiger partial charge in [-0.25, -0.2) is 4.79 Å². The summed E-state index contributed by atoms with van der Waals surface area (Å²) in [6.07, 6.45) is -1.17. The molecule has 2 aromatic rings. The van der Waals surface area contributed by atoms with Gasteiger partial charge in [0.05, 0.1) is 5.92 Å². The molecule has 0 bridgehead atoms. The van der Waals surface area contributed by atoms with E-state index in [0.29, 0.717) is 0 Å². The molecule has 0 aromatic heterocycles. The molecule has 0 saturated heterocycles. The van der Waals surface area contributed by atoms with Crippen molar-refractivity contribution in [3.63, 3.8) is 0 Å². The van der Waals surface area contributed by atoms with Gasteiger partial charge in [0, 0.05) is 32.0 Å². The first-order chi connectivity index (χ1) is 16.7. The van der Waals surface area contributed by atoms with Gasteiger partial charge in [-0.05, 0) is 35.1 Å². The van der Waals surface area contributed by atoms with Crippen molar-refractivity contribution >= 4 is 18.0 Å². The number of hydrogen-bond acceptors (Lipinski definition) is 5. The molecule has 0 saturated carbocycles. The van der Waals surface area contributed by atoms with E-state index in [0.717, 1.165) is 22.3 Å². The second-order valence-electron chi connectivity index (χ2n) is 9.17. The fourth-order valence-electron chi connectivity index (χ4n) is 4.79. The number of amides is 2. The van der Waals surface area contributed by atoms with Crippen LogP contribution in [0.2, 0.25) is 0 Å². The largest absolute Gasteiger partial charge is 0.481 e. The van der Waals surface area contributed by atoms with E-state index in [9.17, 15) is 19.5 Å². The SMILES string of the molecule is COC(CCNC(=O)OCC1c2ccccc2-c2ccccc21)C(=O)NC(C)C(C(=O)O)C(C)C.